The van der Waals surface area contributed by atoms with Crippen LogP contribution in [0.25, 0.3) is 6.08 Å². The molecule has 1 aromatic rings. The normalized spacial score (nSPS) is 18.9. The lowest BCUT2D eigenvalue weighted by Crippen LogP contribution is -2.29. The number of rotatable bonds is 1. The van der Waals surface area contributed by atoms with E-state index in [2.05, 4.69) is 52.9 Å². The zero-order chi connectivity index (χ0) is 12.0. The molecular weight excluding hydrogens is 208 g/mol. The Morgan fingerprint density at radius 1 is 1.12 bits per heavy atom. The number of hydrogen-bond acceptors (Lipinski definition) is 0. The molecule has 1 aromatic carbocycles. The van der Waals surface area contributed by atoms with Gasteiger partial charge in [0.05, 0.1) is 8.80 Å². The van der Waals surface area contributed by atoms with Crippen LogP contribution in [0.3, 0.4) is 0 Å². The van der Waals surface area contributed by atoms with Crippen molar-refractivity contribution in [2.45, 2.75) is 46.7 Å². The summed E-state index contributed by atoms with van der Waals surface area (Å²) in [6.45, 7) is 14.0. The molecule has 0 aliphatic heterocycles. The van der Waals surface area contributed by atoms with E-state index in [-0.39, 0.29) is 8.80 Å². The Kier molecular flexibility index (Phi) is 2.83. The fourth-order valence-corrected chi connectivity index (χ4v) is 4.84. The molecular formula is C15H21Si. The number of benzene rings is 1. The quantitative estimate of drug-likeness (QED) is 0.643. The van der Waals surface area contributed by atoms with Crippen LogP contribution in [0.2, 0.25) is 13.1 Å². The van der Waals surface area contributed by atoms with Crippen LogP contribution in [0.15, 0.2) is 11.6 Å². The first-order valence-corrected chi connectivity index (χ1v) is 8.56. The van der Waals surface area contributed by atoms with Crippen molar-refractivity contribution in [2.75, 3.05) is 0 Å². The van der Waals surface area contributed by atoms with Crippen molar-refractivity contribution in [3.63, 3.8) is 0 Å². The summed E-state index contributed by atoms with van der Waals surface area (Å²) in [5.41, 5.74) is 7.62. The lowest BCUT2D eigenvalue weighted by molar-refractivity contribution is 0.911. The van der Waals surface area contributed by atoms with Crippen LogP contribution >= 0.6 is 0 Å². The molecule has 0 spiro atoms. The van der Waals surface area contributed by atoms with Crippen LogP contribution in [-0.2, 0) is 0 Å². The first-order chi connectivity index (χ1) is 7.43. The smallest absolute Gasteiger partial charge is 0.0671 e. The minimum Gasteiger partial charge on any atom is -0.0671 e. The maximum absolute atomic E-state index is 2.40. The molecule has 0 heterocycles. The Morgan fingerprint density at radius 3 is 2.31 bits per heavy atom. The van der Waals surface area contributed by atoms with Gasteiger partial charge in [0, 0.05) is 5.92 Å². The van der Waals surface area contributed by atoms with E-state index in [1.165, 1.54) is 16.7 Å². The molecule has 0 nitrogen and oxygen atoms in total. The summed E-state index contributed by atoms with van der Waals surface area (Å²) in [7, 11) is -0.357. The highest BCUT2D eigenvalue weighted by atomic mass is 28.3. The van der Waals surface area contributed by atoms with E-state index in [9.17, 15) is 0 Å². The summed E-state index contributed by atoms with van der Waals surface area (Å²) < 4.78 is 0. The molecule has 1 aliphatic rings. The van der Waals surface area contributed by atoms with Crippen molar-refractivity contribution in [1.29, 1.82) is 0 Å². The van der Waals surface area contributed by atoms with Crippen LogP contribution < -0.4 is 5.19 Å². The Balaban J connectivity index is 2.69. The second kappa shape index (κ2) is 3.88. The topological polar surface area (TPSA) is 0 Å². The third-order valence-electron chi connectivity index (χ3n) is 3.86. The Hall–Kier alpha value is -0.823. The summed E-state index contributed by atoms with van der Waals surface area (Å²) >= 11 is 0. The monoisotopic (exact) mass is 229 g/mol. The van der Waals surface area contributed by atoms with Gasteiger partial charge in [0.15, 0.2) is 0 Å². The van der Waals surface area contributed by atoms with Gasteiger partial charge >= 0.3 is 0 Å². The third kappa shape index (κ3) is 1.58. The van der Waals surface area contributed by atoms with Gasteiger partial charge in [-0.05, 0) is 37.5 Å². The van der Waals surface area contributed by atoms with E-state index in [0.717, 1.165) is 0 Å². The maximum atomic E-state index is 2.40. The molecule has 0 aromatic heterocycles. The van der Waals surface area contributed by atoms with E-state index in [0.29, 0.717) is 5.92 Å². The zero-order valence-electron chi connectivity index (χ0n) is 11.2. The second-order valence-electron chi connectivity index (χ2n) is 5.31. The summed E-state index contributed by atoms with van der Waals surface area (Å²) in [6.07, 6.45) is 2.36. The molecule has 0 N–H and O–H groups in total. The Labute approximate surface area is 101 Å². The molecule has 0 bridgehead atoms. The van der Waals surface area contributed by atoms with Gasteiger partial charge in [-0.15, -0.1) is 0 Å². The van der Waals surface area contributed by atoms with Crippen molar-refractivity contribution < 1.29 is 0 Å². The Bertz CT molecular complexity index is 467. The molecule has 1 heteroatoms. The molecule has 1 atom stereocenters. The predicted molar refractivity (Wildman–Crippen MR) is 75.1 cm³/mol. The third-order valence-corrected chi connectivity index (χ3v) is 5.62. The van der Waals surface area contributed by atoms with Crippen molar-refractivity contribution >= 4 is 20.1 Å². The van der Waals surface area contributed by atoms with Gasteiger partial charge in [0.1, 0.15) is 0 Å². The van der Waals surface area contributed by atoms with E-state index in [1.54, 1.807) is 16.3 Å². The molecule has 2 rings (SSSR count). The molecule has 0 fully saturated rings. The van der Waals surface area contributed by atoms with Crippen molar-refractivity contribution in [3.8, 4) is 0 Å². The molecule has 85 valence electrons. The van der Waals surface area contributed by atoms with E-state index in [4.69, 9.17) is 0 Å². The van der Waals surface area contributed by atoms with Gasteiger partial charge < -0.3 is 0 Å². The Morgan fingerprint density at radius 2 is 1.75 bits per heavy atom. The number of fused-ring (bicyclic) bond motifs is 1. The van der Waals surface area contributed by atoms with Crippen LogP contribution in [0.5, 0.6) is 0 Å². The van der Waals surface area contributed by atoms with Crippen LogP contribution in [0.1, 0.15) is 42.0 Å². The molecule has 0 saturated heterocycles. The van der Waals surface area contributed by atoms with Gasteiger partial charge in [-0.3, -0.25) is 0 Å². The van der Waals surface area contributed by atoms with Gasteiger partial charge in [-0.25, -0.2) is 0 Å². The van der Waals surface area contributed by atoms with Gasteiger partial charge in [-0.1, -0.05) is 48.5 Å². The fraction of sp³-hybridized carbons (Fsp3) is 0.467. The average Bonchev–Trinajstić information content (AvgIpc) is 2.41. The first-order valence-electron chi connectivity index (χ1n) is 6.06. The number of aryl methyl sites for hydroxylation is 1. The van der Waals surface area contributed by atoms with Crippen LogP contribution in [-0.4, -0.2) is 8.80 Å². The highest BCUT2D eigenvalue weighted by Crippen LogP contribution is 2.37. The maximum Gasteiger partial charge on any atom is 0.0798 e. The molecule has 0 amide bonds. The van der Waals surface area contributed by atoms with Crippen molar-refractivity contribution in [2.24, 2.45) is 0 Å². The highest BCUT2D eigenvalue weighted by Gasteiger charge is 2.23. The van der Waals surface area contributed by atoms with E-state index in [1.807, 2.05) is 0 Å². The van der Waals surface area contributed by atoms with Crippen molar-refractivity contribution in [3.05, 3.63) is 33.9 Å². The second-order valence-corrected chi connectivity index (χ2v) is 7.81. The van der Waals surface area contributed by atoms with Crippen LogP contribution in [0.4, 0.5) is 0 Å². The molecule has 0 saturated carbocycles. The standard InChI is InChI=1S/C15H21Si/c1-9-7-13-8-10(2)15(16(5)6)12(4)14(13)11(9)3/h7-8,11H,1-6H3. The van der Waals surface area contributed by atoms with Gasteiger partial charge in [-0.2, -0.15) is 0 Å². The number of allylic oxidation sites excluding steroid dienone is 1. The SMILES string of the molecule is CC1=Cc2cc(C)c([Si](C)C)c(C)c2C1C. The molecule has 1 radical (unpaired) electrons. The molecule has 16 heavy (non-hydrogen) atoms. The first kappa shape index (κ1) is 11.7. The largest absolute Gasteiger partial charge is 0.0798 e. The highest BCUT2D eigenvalue weighted by molar-refractivity contribution is 6.71. The van der Waals surface area contributed by atoms with Gasteiger partial charge in [0.25, 0.3) is 0 Å². The van der Waals surface area contributed by atoms with Crippen molar-refractivity contribution in [1.82, 2.24) is 0 Å². The lowest BCUT2D eigenvalue weighted by Gasteiger charge is -2.19. The zero-order valence-corrected chi connectivity index (χ0v) is 12.2. The van der Waals surface area contributed by atoms with E-state index >= 15 is 0 Å². The minimum absolute atomic E-state index is 0.357. The summed E-state index contributed by atoms with van der Waals surface area (Å²) in [5.74, 6) is 0.621. The van der Waals surface area contributed by atoms with Gasteiger partial charge in [0.2, 0.25) is 0 Å². The average molecular weight is 229 g/mol. The summed E-state index contributed by atoms with van der Waals surface area (Å²) in [6, 6.07) is 2.39. The van der Waals surface area contributed by atoms with E-state index < -0.39 is 0 Å². The number of hydrogen-bond donors (Lipinski definition) is 0. The summed E-state index contributed by atoms with van der Waals surface area (Å²) in [4.78, 5) is 0. The molecule has 1 unspecified atom stereocenters. The lowest BCUT2D eigenvalue weighted by atomic mass is 9.93. The fourth-order valence-electron chi connectivity index (χ4n) is 3.09. The minimum atomic E-state index is -0.357. The molecule has 1 aliphatic carbocycles. The van der Waals surface area contributed by atoms with Crippen LogP contribution in [0, 0.1) is 13.8 Å². The predicted octanol–water partition coefficient (Wildman–Crippen LogP) is 3.79. The summed E-state index contributed by atoms with van der Waals surface area (Å²) in [5, 5.41) is 1.65.